The van der Waals surface area contributed by atoms with E-state index < -0.39 is 0 Å². The lowest BCUT2D eigenvalue weighted by Gasteiger charge is -2.54. The maximum Gasteiger partial charge on any atom is 0.243 e. The number of nitrogens with zero attached hydrogens (tertiary/aromatic N) is 3. The van der Waals surface area contributed by atoms with Crippen LogP contribution >= 0.6 is 0 Å². The van der Waals surface area contributed by atoms with Crippen LogP contribution in [0.2, 0.25) is 0 Å². The molecular formula is C25H31N3O. The van der Waals surface area contributed by atoms with Gasteiger partial charge in [0.1, 0.15) is 6.54 Å². The molecule has 3 aliphatic heterocycles. The third kappa shape index (κ3) is 2.95. The first-order valence-corrected chi connectivity index (χ1v) is 11.6. The average molecular weight is 390 g/mol. The number of benzene rings is 1. The molecule has 152 valence electrons. The van der Waals surface area contributed by atoms with E-state index in [0.717, 1.165) is 30.4 Å². The Kier molecular flexibility index (Phi) is 4.30. The molecule has 3 fully saturated rings. The molecule has 3 saturated heterocycles. The van der Waals surface area contributed by atoms with Gasteiger partial charge in [-0.1, -0.05) is 36.3 Å². The number of para-hydroxylation sites is 1. The van der Waals surface area contributed by atoms with Crippen LogP contribution in [0, 0.1) is 11.8 Å². The van der Waals surface area contributed by atoms with Gasteiger partial charge in [0.2, 0.25) is 5.91 Å². The number of piperidine rings is 3. The fourth-order valence-electron chi connectivity index (χ4n) is 6.77. The van der Waals surface area contributed by atoms with E-state index in [4.69, 9.17) is 0 Å². The van der Waals surface area contributed by atoms with Gasteiger partial charge in [-0.15, -0.1) is 0 Å². The van der Waals surface area contributed by atoms with Gasteiger partial charge in [-0.2, -0.15) is 0 Å². The summed E-state index contributed by atoms with van der Waals surface area (Å²) in [5.41, 5.74) is 2.74. The lowest BCUT2D eigenvalue weighted by molar-refractivity contribution is -0.136. The fraction of sp³-hybridized carbons (Fsp3) is 0.560. The Morgan fingerprint density at radius 2 is 2.00 bits per heavy atom. The van der Waals surface area contributed by atoms with Crippen LogP contribution in [0.5, 0.6) is 0 Å². The normalized spacial score (nSPS) is 31.9. The van der Waals surface area contributed by atoms with Crippen molar-refractivity contribution in [2.45, 2.75) is 57.2 Å². The standard InChI is InChI=1S/C25H31N3O/c29-24(17-27-13-10-18-6-1-2-8-22(18)27)28-12-5-7-19-14-20-15-21(25(19)28)16-26-11-4-3-9-23(20)26/h1-2,6,8,10,13-14,20-21,23,25H,3-5,7,9,11-12,15-17H2/t20-,21-,23-,25-/m0/s1. The largest absolute Gasteiger partial charge is 0.338 e. The second-order valence-electron chi connectivity index (χ2n) is 9.60. The molecular weight excluding hydrogens is 358 g/mol. The van der Waals surface area contributed by atoms with E-state index in [1.54, 1.807) is 5.57 Å². The van der Waals surface area contributed by atoms with Gasteiger partial charge >= 0.3 is 0 Å². The molecule has 0 unspecified atom stereocenters. The molecule has 1 amide bonds. The van der Waals surface area contributed by atoms with Crippen LogP contribution in [0.4, 0.5) is 0 Å². The van der Waals surface area contributed by atoms with Crippen LogP contribution < -0.4 is 0 Å². The topological polar surface area (TPSA) is 28.5 Å². The summed E-state index contributed by atoms with van der Waals surface area (Å²) in [6.07, 6.45) is 12.4. The number of rotatable bonds is 2. The van der Waals surface area contributed by atoms with Crippen molar-refractivity contribution >= 4 is 16.8 Å². The predicted molar refractivity (Wildman–Crippen MR) is 116 cm³/mol. The molecule has 0 radical (unpaired) electrons. The summed E-state index contributed by atoms with van der Waals surface area (Å²) in [7, 11) is 0. The van der Waals surface area contributed by atoms with Crippen molar-refractivity contribution in [3.8, 4) is 0 Å². The number of carbonyl (C=O) groups is 1. The van der Waals surface area contributed by atoms with E-state index >= 15 is 0 Å². The number of hydrogen-bond acceptors (Lipinski definition) is 2. The second kappa shape index (κ2) is 7.02. The highest BCUT2D eigenvalue weighted by molar-refractivity contribution is 5.83. The minimum atomic E-state index is 0.293. The first-order chi connectivity index (χ1) is 14.3. The molecule has 1 aromatic heterocycles. The van der Waals surface area contributed by atoms with Gasteiger partial charge in [0.05, 0.1) is 6.04 Å². The molecule has 6 rings (SSSR count). The third-order valence-corrected chi connectivity index (χ3v) is 7.96. The molecule has 29 heavy (non-hydrogen) atoms. The van der Waals surface area contributed by atoms with E-state index in [0.29, 0.717) is 24.4 Å². The summed E-state index contributed by atoms with van der Waals surface area (Å²) >= 11 is 0. The van der Waals surface area contributed by atoms with Crippen molar-refractivity contribution in [2.24, 2.45) is 11.8 Å². The number of fused-ring (bicyclic) bond motifs is 7. The third-order valence-electron chi connectivity index (χ3n) is 7.96. The Morgan fingerprint density at radius 3 is 2.97 bits per heavy atom. The maximum absolute atomic E-state index is 13.5. The molecule has 1 aromatic carbocycles. The average Bonchev–Trinajstić information content (AvgIpc) is 3.16. The first kappa shape index (κ1) is 17.8. The Labute approximate surface area is 173 Å². The van der Waals surface area contributed by atoms with Gasteiger partial charge < -0.3 is 9.47 Å². The monoisotopic (exact) mass is 389 g/mol. The van der Waals surface area contributed by atoms with E-state index in [2.05, 4.69) is 57.0 Å². The number of aromatic nitrogens is 1. The Hall–Kier alpha value is -2.07. The Morgan fingerprint density at radius 1 is 1.07 bits per heavy atom. The lowest BCUT2D eigenvalue weighted by atomic mass is 9.68. The summed E-state index contributed by atoms with van der Waals surface area (Å²) in [6, 6.07) is 11.6. The van der Waals surface area contributed by atoms with Crippen molar-refractivity contribution in [3.63, 3.8) is 0 Å². The molecule has 4 heterocycles. The van der Waals surface area contributed by atoms with Crippen LogP contribution in [-0.4, -0.2) is 52.0 Å². The maximum atomic E-state index is 13.5. The van der Waals surface area contributed by atoms with Gasteiger partial charge in [-0.05, 0) is 68.0 Å². The van der Waals surface area contributed by atoms with Crippen molar-refractivity contribution < 1.29 is 4.79 Å². The summed E-state index contributed by atoms with van der Waals surface area (Å²) in [5, 5.41) is 1.21. The number of hydrogen-bond donors (Lipinski definition) is 0. The highest BCUT2D eigenvalue weighted by Crippen LogP contribution is 2.45. The summed E-state index contributed by atoms with van der Waals surface area (Å²) in [6.45, 7) is 3.83. The van der Waals surface area contributed by atoms with Gasteiger partial charge in [0.25, 0.3) is 0 Å². The quantitative estimate of drug-likeness (QED) is 0.725. The lowest BCUT2D eigenvalue weighted by Crippen LogP contribution is -2.60. The smallest absolute Gasteiger partial charge is 0.243 e. The number of amides is 1. The predicted octanol–water partition coefficient (Wildman–Crippen LogP) is 4.06. The molecule has 0 N–H and O–H groups in total. The van der Waals surface area contributed by atoms with Crippen molar-refractivity contribution in [2.75, 3.05) is 19.6 Å². The van der Waals surface area contributed by atoms with E-state index in [1.807, 2.05) is 0 Å². The molecule has 4 nitrogen and oxygen atoms in total. The molecule has 1 aliphatic carbocycles. The van der Waals surface area contributed by atoms with Gasteiger partial charge in [0, 0.05) is 30.8 Å². The summed E-state index contributed by atoms with van der Waals surface area (Å²) in [5.74, 6) is 1.64. The first-order valence-electron chi connectivity index (χ1n) is 11.6. The molecule has 4 aliphatic rings. The molecule has 2 bridgehead atoms. The van der Waals surface area contributed by atoms with Gasteiger partial charge in [0.15, 0.2) is 0 Å². The zero-order valence-electron chi connectivity index (χ0n) is 17.2. The zero-order valence-corrected chi connectivity index (χ0v) is 17.2. The number of likely N-dealkylation sites (tertiary alicyclic amines) is 1. The Bertz CT molecular complexity index is 960. The van der Waals surface area contributed by atoms with E-state index in [1.165, 1.54) is 50.6 Å². The van der Waals surface area contributed by atoms with Gasteiger partial charge in [-0.3, -0.25) is 9.69 Å². The minimum Gasteiger partial charge on any atom is -0.338 e. The van der Waals surface area contributed by atoms with Crippen LogP contribution in [0.3, 0.4) is 0 Å². The number of carbonyl (C=O) groups excluding carboxylic acids is 1. The van der Waals surface area contributed by atoms with E-state index in [-0.39, 0.29) is 0 Å². The van der Waals surface area contributed by atoms with Crippen LogP contribution in [-0.2, 0) is 11.3 Å². The van der Waals surface area contributed by atoms with E-state index in [9.17, 15) is 4.79 Å². The highest BCUT2D eigenvalue weighted by atomic mass is 16.2. The molecule has 4 atom stereocenters. The molecule has 0 saturated carbocycles. The molecule has 4 heteroatoms. The Balaban J connectivity index is 1.27. The van der Waals surface area contributed by atoms with Crippen LogP contribution in [0.1, 0.15) is 38.5 Å². The zero-order chi connectivity index (χ0) is 19.4. The summed E-state index contributed by atoms with van der Waals surface area (Å²) < 4.78 is 2.13. The molecule has 0 spiro atoms. The fourth-order valence-corrected chi connectivity index (χ4v) is 6.77. The van der Waals surface area contributed by atoms with Gasteiger partial charge in [-0.25, -0.2) is 0 Å². The van der Waals surface area contributed by atoms with Crippen molar-refractivity contribution in [1.82, 2.24) is 14.4 Å². The highest BCUT2D eigenvalue weighted by Gasteiger charge is 2.46. The van der Waals surface area contributed by atoms with Crippen molar-refractivity contribution in [3.05, 3.63) is 48.2 Å². The SMILES string of the molecule is O=C(Cn1ccc2ccccc21)N1CCCC2=C[C@H]3C[C@@H](CN4CCCC[C@@H]34)[C@H]21. The van der Waals surface area contributed by atoms with Crippen LogP contribution in [0.25, 0.3) is 10.9 Å². The minimum absolute atomic E-state index is 0.293. The van der Waals surface area contributed by atoms with Crippen molar-refractivity contribution in [1.29, 1.82) is 0 Å². The second-order valence-corrected chi connectivity index (χ2v) is 9.60. The van der Waals surface area contributed by atoms with Crippen LogP contribution in [0.15, 0.2) is 48.2 Å². The molecule has 2 aromatic rings. The summed E-state index contributed by atoms with van der Waals surface area (Å²) in [4.78, 5) is 18.5.